The average Bonchev–Trinajstić information content (AvgIpc) is 3.03. The number of aliphatic hydroxyl groups excluding tert-OH is 1. The molecule has 2 nitrogen and oxygen atoms in total. The van der Waals surface area contributed by atoms with Crippen molar-refractivity contribution in [3.05, 3.63) is 105 Å². The molecule has 0 saturated heterocycles. The molecule has 1 atom stereocenters. The predicted octanol–water partition coefficient (Wildman–Crippen LogP) is 6.58. The van der Waals surface area contributed by atoms with Crippen LogP contribution >= 0.6 is 23.2 Å². The van der Waals surface area contributed by atoms with Crippen molar-refractivity contribution < 1.29 is 5.11 Å². The molecule has 3 aromatic carbocycles. The predicted molar refractivity (Wildman–Crippen MR) is 117 cm³/mol. The Morgan fingerprint density at radius 1 is 0.893 bits per heavy atom. The first-order valence-corrected chi connectivity index (χ1v) is 10.0. The van der Waals surface area contributed by atoms with Gasteiger partial charge in [-0.1, -0.05) is 71.7 Å². The van der Waals surface area contributed by atoms with Gasteiger partial charge in [-0.2, -0.15) is 0 Å². The molecular weight excluding hydrogens is 389 g/mol. The van der Waals surface area contributed by atoms with E-state index in [1.807, 2.05) is 12.1 Å². The summed E-state index contributed by atoms with van der Waals surface area (Å²) in [5.41, 5.74) is 5.73. The van der Waals surface area contributed by atoms with Crippen LogP contribution in [0.5, 0.6) is 0 Å². The number of hydrogen-bond acceptors (Lipinski definition) is 1. The summed E-state index contributed by atoms with van der Waals surface area (Å²) in [4.78, 5) is 0. The van der Waals surface area contributed by atoms with Crippen LogP contribution in [0.4, 0.5) is 0 Å². The summed E-state index contributed by atoms with van der Waals surface area (Å²) in [5, 5.41) is 12.9. The molecular formula is C24H21Cl2NO. The van der Waals surface area contributed by atoms with Crippen molar-refractivity contribution in [1.82, 2.24) is 4.57 Å². The fourth-order valence-corrected chi connectivity index (χ4v) is 3.95. The van der Waals surface area contributed by atoms with Gasteiger partial charge >= 0.3 is 0 Å². The summed E-state index contributed by atoms with van der Waals surface area (Å²) in [6.07, 6.45) is 2.35. The van der Waals surface area contributed by atoms with Crippen LogP contribution in [0.1, 0.15) is 28.4 Å². The Labute approximate surface area is 175 Å². The molecule has 0 aliphatic rings. The second-order valence-electron chi connectivity index (χ2n) is 7.12. The van der Waals surface area contributed by atoms with E-state index in [9.17, 15) is 5.11 Å². The number of aromatic nitrogens is 1. The largest absolute Gasteiger partial charge is 0.387 e. The first-order chi connectivity index (χ1) is 13.5. The van der Waals surface area contributed by atoms with Gasteiger partial charge in [-0.3, -0.25) is 0 Å². The van der Waals surface area contributed by atoms with Crippen molar-refractivity contribution >= 4 is 34.1 Å². The molecule has 4 aromatic rings. The SMILES string of the molecule is Cc1ccccc1Cc1cn(CC(O)c2ccc(Cl)c(Cl)c2)c2ccccc12. The van der Waals surface area contributed by atoms with Crippen LogP contribution in [0, 0.1) is 6.92 Å². The van der Waals surface area contributed by atoms with Crippen LogP contribution in [0.2, 0.25) is 10.0 Å². The van der Waals surface area contributed by atoms with Gasteiger partial charge in [0.05, 0.1) is 22.7 Å². The Morgan fingerprint density at radius 3 is 2.43 bits per heavy atom. The van der Waals surface area contributed by atoms with Crippen molar-refractivity contribution in [2.45, 2.75) is 26.0 Å². The highest BCUT2D eigenvalue weighted by molar-refractivity contribution is 6.42. The van der Waals surface area contributed by atoms with E-state index >= 15 is 0 Å². The summed E-state index contributed by atoms with van der Waals surface area (Å²) < 4.78 is 2.12. The quantitative estimate of drug-likeness (QED) is 0.395. The van der Waals surface area contributed by atoms with Crippen molar-refractivity contribution in [2.75, 3.05) is 0 Å². The number of rotatable bonds is 5. The topological polar surface area (TPSA) is 25.2 Å². The molecule has 0 amide bonds. The molecule has 0 fully saturated rings. The van der Waals surface area contributed by atoms with Crippen molar-refractivity contribution in [3.63, 3.8) is 0 Å². The van der Waals surface area contributed by atoms with Crippen molar-refractivity contribution in [1.29, 1.82) is 0 Å². The van der Waals surface area contributed by atoms with Crippen molar-refractivity contribution in [3.8, 4) is 0 Å². The lowest BCUT2D eigenvalue weighted by Crippen LogP contribution is -2.08. The van der Waals surface area contributed by atoms with Gasteiger partial charge in [0, 0.05) is 17.1 Å². The Bertz CT molecular complexity index is 1130. The summed E-state index contributed by atoms with van der Waals surface area (Å²) in [7, 11) is 0. The van der Waals surface area contributed by atoms with Crippen LogP contribution in [0.15, 0.2) is 72.9 Å². The number of benzene rings is 3. The highest BCUT2D eigenvalue weighted by atomic mass is 35.5. The smallest absolute Gasteiger partial charge is 0.0969 e. The van der Waals surface area contributed by atoms with Crippen LogP contribution in [0.3, 0.4) is 0 Å². The molecule has 4 rings (SSSR count). The van der Waals surface area contributed by atoms with Crippen LogP contribution in [0.25, 0.3) is 10.9 Å². The number of halogens is 2. The number of fused-ring (bicyclic) bond motifs is 1. The van der Waals surface area contributed by atoms with Crippen LogP contribution in [-0.2, 0) is 13.0 Å². The lowest BCUT2D eigenvalue weighted by atomic mass is 10.0. The maximum absolute atomic E-state index is 10.8. The molecule has 1 aromatic heterocycles. The fourth-order valence-electron chi connectivity index (χ4n) is 3.64. The number of para-hydroxylation sites is 1. The fraction of sp³-hybridized carbons (Fsp3) is 0.167. The third kappa shape index (κ3) is 3.81. The molecule has 1 heterocycles. The Morgan fingerprint density at radius 2 is 1.64 bits per heavy atom. The minimum atomic E-state index is -0.670. The molecule has 1 unspecified atom stereocenters. The van der Waals surface area contributed by atoms with Crippen LogP contribution < -0.4 is 0 Å². The first-order valence-electron chi connectivity index (χ1n) is 9.27. The maximum Gasteiger partial charge on any atom is 0.0969 e. The number of hydrogen-bond donors (Lipinski definition) is 1. The zero-order valence-corrected chi connectivity index (χ0v) is 17.1. The Hall–Kier alpha value is -2.26. The van der Waals surface area contributed by atoms with E-state index in [4.69, 9.17) is 23.2 Å². The average molecular weight is 410 g/mol. The molecule has 0 spiro atoms. The zero-order chi connectivity index (χ0) is 19.7. The van der Waals surface area contributed by atoms with Gasteiger partial charge < -0.3 is 9.67 Å². The number of aliphatic hydroxyl groups is 1. The molecule has 1 N–H and O–H groups in total. The molecule has 28 heavy (non-hydrogen) atoms. The van der Waals surface area contributed by atoms with E-state index in [-0.39, 0.29) is 0 Å². The maximum atomic E-state index is 10.8. The minimum absolute atomic E-state index is 0.451. The van der Waals surface area contributed by atoms with Gasteiger partial charge in [-0.15, -0.1) is 0 Å². The molecule has 0 aliphatic heterocycles. The normalized spacial score (nSPS) is 12.4. The van der Waals surface area contributed by atoms with Gasteiger partial charge in [0.15, 0.2) is 0 Å². The third-order valence-corrected chi connectivity index (χ3v) is 5.95. The van der Waals surface area contributed by atoms with Gasteiger partial charge in [0.2, 0.25) is 0 Å². The van der Waals surface area contributed by atoms with E-state index in [1.54, 1.807) is 12.1 Å². The second kappa shape index (κ2) is 8.00. The molecule has 142 valence electrons. The number of nitrogens with zero attached hydrogens (tertiary/aromatic N) is 1. The highest BCUT2D eigenvalue weighted by Gasteiger charge is 2.15. The highest BCUT2D eigenvalue weighted by Crippen LogP contribution is 2.29. The summed E-state index contributed by atoms with van der Waals surface area (Å²) in [6, 6.07) is 22.1. The van der Waals surface area contributed by atoms with E-state index in [0.717, 1.165) is 17.5 Å². The molecule has 0 bridgehead atoms. The van der Waals surface area contributed by atoms with Gasteiger partial charge in [-0.25, -0.2) is 0 Å². The lowest BCUT2D eigenvalue weighted by molar-refractivity contribution is 0.158. The molecule has 0 aliphatic carbocycles. The Kier molecular flexibility index (Phi) is 5.45. The van der Waals surface area contributed by atoms with Gasteiger partial charge in [-0.05, 0) is 53.8 Å². The van der Waals surface area contributed by atoms with E-state index in [1.165, 1.54) is 22.1 Å². The van der Waals surface area contributed by atoms with E-state index in [2.05, 4.69) is 60.2 Å². The Balaban J connectivity index is 1.68. The number of aryl methyl sites for hydroxylation is 1. The molecule has 0 saturated carbocycles. The minimum Gasteiger partial charge on any atom is -0.387 e. The second-order valence-corrected chi connectivity index (χ2v) is 7.93. The first kappa shape index (κ1) is 19.1. The zero-order valence-electron chi connectivity index (χ0n) is 15.6. The van der Waals surface area contributed by atoms with Crippen molar-refractivity contribution in [2.24, 2.45) is 0 Å². The van der Waals surface area contributed by atoms with E-state index < -0.39 is 6.10 Å². The lowest BCUT2D eigenvalue weighted by Gasteiger charge is -2.14. The molecule has 0 radical (unpaired) electrons. The molecule has 4 heteroatoms. The summed E-state index contributed by atoms with van der Waals surface area (Å²) in [5.74, 6) is 0. The standard InChI is InChI=1S/C24H21Cl2NO/c1-16-6-2-3-7-17(16)12-19-14-27(23-9-5-4-8-20(19)23)15-24(28)18-10-11-21(25)22(26)13-18/h2-11,13-14,24,28H,12,15H2,1H3. The van der Waals surface area contributed by atoms with Gasteiger partial charge in [0.25, 0.3) is 0 Å². The van der Waals surface area contributed by atoms with Gasteiger partial charge in [0.1, 0.15) is 0 Å². The van der Waals surface area contributed by atoms with Crippen LogP contribution in [-0.4, -0.2) is 9.67 Å². The third-order valence-electron chi connectivity index (χ3n) is 5.21. The van der Waals surface area contributed by atoms with E-state index in [0.29, 0.717) is 16.6 Å². The monoisotopic (exact) mass is 409 g/mol. The summed E-state index contributed by atoms with van der Waals surface area (Å²) in [6.45, 7) is 2.59. The summed E-state index contributed by atoms with van der Waals surface area (Å²) >= 11 is 12.1.